The summed E-state index contributed by atoms with van der Waals surface area (Å²) in [6.45, 7) is 0.795. The van der Waals surface area contributed by atoms with Crippen LogP contribution in [0.3, 0.4) is 0 Å². The lowest BCUT2D eigenvalue weighted by Gasteiger charge is -2.37. The Morgan fingerprint density at radius 2 is 1.84 bits per heavy atom. The zero-order valence-corrected chi connectivity index (χ0v) is 14.7. The first-order valence-electron chi connectivity index (χ1n) is 7.83. The molecule has 1 aromatic rings. The Kier molecular flexibility index (Phi) is 5.32. The molecule has 0 aromatic heterocycles. The summed E-state index contributed by atoms with van der Waals surface area (Å²) in [6.07, 6.45) is -3.79. The summed E-state index contributed by atoms with van der Waals surface area (Å²) in [5.74, 6) is 0. The van der Waals surface area contributed by atoms with Crippen molar-refractivity contribution in [2.45, 2.75) is 42.7 Å². The van der Waals surface area contributed by atoms with Crippen LogP contribution in [0.25, 0.3) is 0 Å². The number of ether oxygens (including phenoxy) is 2. The molecule has 2 aliphatic rings. The molecule has 0 N–H and O–H groups in total. The van der Waals surface area contributed by atoms with Crippen LogP contribution in [0.1, 0.15) is 24.8 Å². The van der Waals surface area contributed by atoms with Gasteiger partial charge >= 0.3 is 6.18 Å². The number of alkyl halides is 3. The largest absolute Gasteiger partial charge is 0.417 e. The van der Waals surface area contributed by atoms with Gasteiger partial charge in [0.05, 0.1) is 29.7 Å². The SMILES string of the molecule is O=S(=O)(c1ccc(Cl)cc1C(F)(F)F)N1CCCC[C@H]1C1OCCO1. The molecule has 0 radical (unpaired) electrons. The molecule has 140 valence electrons. The van der Waals surface area contributed by atoms with Gasteiger partial charge in [-0.15, -0.1) is 0 Å². The first-order chi connectivity index (χ1) is 11.7. The second-order valence-electron chi connectivity index (χ2n) is 5.93. The maximum atomic E-state index is 13.3. The van der Waals surface area contributed by atoms with Crippen molar-refractivity contribution in [2.24, 2.45) is 0 Å². The number of benzene rings is 1. The van der Waals surface area contributed by atoms with E-state index < -0.39 is 39.0 Å². The minimum atomic E-state index is -4.83. The number of rotatable bonds is 3. The van der Waals surface area contributed by atoms with Crippen molar-refractivity contribution in [3.63, 3.8) is 0 Å². The third kappa shape index (κ3) is 3.80. The van der Waals surface area contributed by atoms with Crippen LogP contribution in [0.5, 0.6) is 0 Å². The summed E-state index contributed by atoms with van der Waals surface area (Å²) in [7, 11) is -4.38. The minimum Gasteiger partial charge on any atom is -0.349 e. The van der Waals surface area contributed by atoms with Gasteiger partial charge in [0.1, 0.15) is 0 Å². The predicted octanol–water partition coefficient (Wildman–Crippen LogP) is 3.27. The summed E-state index contributed by atoms with van der Waals surface area (Å²) in [6, 6.07) is 2.04. The second kappa shape index (κ2) is 7.03. The summed E-state index contributed by atoms with van der Waals surface area (Å²) in [5, 5.41) is -0.177. The van der Waals surface area contributed by atoms with Crippen molar-refractivity contribution in [1.82, 2.24) is 4.31 Å². The number of hydrogen-bond donors (Lipinski definition) is 0. The third-order valence-corrected chi connectivity index (χ3v) is 6.51. The fraction of sp³-hybridized carbons (Fsp3) is 0.600. The molecule has 1 aromatic carbocycles. The average molecular weight is 400 g/mol. The molecule has 2 heterocycles. The fourth-order valence-corrected chi connectivity index (χ4v) is 5.22. The Balaban J connectivity index is 2.03. The number of piperidine rings is 1. The van der Waals surface area contributed by atoms with Gasteiger partial charge in [-0.2, -0.15) is 17.5 Å². The Labute approximate surface area is 148 Å². The average Bonchev–Trinajstić information content (AvgIpc) is 3.08. The Morgan fingerprint density at radius 1 is 1.16 bits per heavy atom. The summed E-state index contributed by atoms with van der Waals surface area (Å²) < 4.78 is 77.9. The highest BCUT2D eigenvalue weighted by molar-refractivity contribution is 7.89. The van der Waals surface area contributed by atoms with E-state index in [2.05, 4.69) is 0 Å². The lowest BCUT2D eigenvalue weighted by molar-refractivity contribution is -0.140. The molecule has 0 aliphatic carbocycles. The summed E-state index contributed by atoms with van der Waals surface area (Å²) in [5.41, 5.74) is -1.27. The van der Waals surface area contributed by atoms with Gasteiger partial charge in [0.2, 0.25) is 10.0 Å². The highest BCUT2D eigenvalue weighted by atomic mass is 35.5. The van der Waals surface area contributed by atoms with Crippen LogP contribution in [0.15, 0.2) is 23.1 Å². The summed E-state index contributed by atoms with van der Waals surface area (Å²) in [4.78, 5) is -0.797. The first kappa shape index (κ1) is 18.9. The molecule has 25 heavy (non-hydrogen) atoms. The van der Waals surface area contributed by atoms with Crippen molar-refractivity contribution in [3.8, 4) is 0 Å². The quantitative estimate of drug-likeness (QED) is 0.782. The molecule has 3 rings (SSSR count). The van der Waals surface area contributed by atoms with Gasteiger partial charge in [0.25, 0.3) is 0 Å². The van der Waals surface area contributed by atoms with Gasteiger partial charge in [0, 0.05) is 11.6 Å². The minimum absolute atomic E-state index is 0.121. The number of sulfonamides is 1. The standard InChI is InChI=1S/C15H17ClF3NO4S/c16-10-4-5-13(11(9-10)15(17,18)19)25(21,22)20-6-2-1-3-12(20)14-23-7-8-24-14/h4-5,9,12,14H,1-3,6-8H2/t12-/m0/s1. The molecule has 0 spiro atoms. The molecule has 2 aliphatic heterocycles. The maximum Gasteiger partial charge on any atom is 0.417 e. The van der Waals surface area contributed by atoms with Crippen molar-refractivity contribution in [3.05, 3.63) is 28.8 Å². The second-order valence-corrected chi connectivity index (χ2v) is 8.22. The van der Waals surface area contributed by atoms with E-state index in [-0.39, 0.29) is 11.6 Å². The fourth-order valence-electron chi connectivity index (χ4n) is 3.17. The van der Waals surface area contributed by atoms with Crippen molar-refractivity contribution in [2.75, 3.05) is 19.8 Å². The smallest absolute Gasteiger partial charge is 0.349 e. The Morgan fingerprint density at radius 3 is 2.48 bits per heavy atom. The highest BCUT2D eigenvalue weighted by Gasteiger charge is 2.44. The van der Waals surface area contributed by atoms with Crippen LogP contribution in [0.4, 0.5) is 13.2 Å². The van der Waals surface area contributed by atoms with Crippen molar-refractivity contribution in [1.29, 1.82) is 0 Å². The van der Waals surface area contributed by atoms with Gasteiger partial charge in [-0.25, -0.2) is 8.42 Å². The molecule has 0 bridgehead atoms. The van der Waals surface area contributed by atoms with Gasteiger partial charge in [-0.1, -0.05) is 18.0 Å². The molecule has 0 amide bonds. The van der Waals surface area contributed by atoms with Gasteiger partial charge in [0.15, 0.2) is 6.29 Å². The van der Waals surface area contributed by atoms with Gasteiger partial charge in [-0.3, -0.25) is 0 Å². The zero-order valence-electron chi connectivity index (χ0n) is 13.1. The number of hydrogen-bond acceptors (Lipinski definition) is 4. The van der Waals surface area contributed by atoms with E-state index in [1.54, 1.807) is 0 Å². The molecule has 0 saturated carbocycles. The maximum absolute atomic E-state index is 13.3. The van der Waals surface area contributed by atoms with Crippen molar-refractivity contribution >= 4 is 21.6 Å². The van der Waals surface area contributed by atoms with Crippen LogP contribution in [-0.2, 0) is 25.7 Å². The third-order valence-electron chi connectivity index (χ3n) is 4.29. The Bertz CT molecular complexity index is 735. The lowest BCUT2D eigenvalue weighted by Crippen LogP contribution is -2.50. The van der Waals surface area contributed by atoms with Crippen LogP contribution in [-0.4, -0.2) is 44.8 Å². The lowest BCUT2D eigenvalue weighted by atomic mass is 10.0. The van der Waals surface area contributed by atoms with Gasteiger partial charge < -0.3 is 9.47 Å². The van der Waals surface area contributed by atoms with E-state index in [4.69, 9.17) is 21.1 Å². The van der Waals surface area contributed by atoms with E-state index in [0.29, 0.717) is 32.1 Å². The van der Waals surface area contributed by atoms with E-state index in [9.17, 15) is 21.6 Å². The highest BCUT2D eigenvalue weighted by Crippen LogP contribution is 2.38. The first-order valence-corrected chi connectivity index (χ1v) is 9.65. The van der Waals surface area contributed by atoms with E-state index >= 15 is 0 Å². The van der Waals surface area contributed by atoms with Crippen molar-refractivity contribution < 1.29 is 31.1 Å². The topological polar surface area (TPSA) is 55.8 Å². The van der Waals surface area contributed by atoms with Crippen LogP contribution >= 0.6 is 11.6 Å². The van der Waals surface area contributed by atoms with Crippen LogP contribution < -0.4 is 0 Å². The monoisotopic (exact) mass is 399 g/mol. The molecular formula is C15H17ClF3NO4S. The normalized spacial score (nSPS) is 23.9. The van der Waals surface area contributed by atoms with E-state index in [1.165, 1.54) is 0 Å². The summed E-state index contributed by atoms with van der Waals surface area (Å²) >= 11 is 5.64. The van der Waals surface area contributed by atoms with Crippen LogP contribution in [0, 0.1) is 0 Å². The van der Waals surface area contributed by atoms with E-state index in [1.807, 2.05) is 0 Å². The number of nitrogens with zero attached hydrogens (tertiary/aromatic N) is 1. The molecule has 5 nitrogen and oxygen atoms in total. The predicted molar refractivity (Wildman–Crippen MR) is 83.7 cm³/mol. The molecule has 2 saturated heterocycles. The molecule has 2 fully saturated rings. The molecular weight excluding hydrogens is 383 g/mol. The molecule has 0 unspecified atom stereocenters. The molecule has 10 heteroatoms. The van der Waals surface area contributed by atoms with Crippen LogP contribution in [0.2, 0.25) is 5.02 Å². The number of halogens is 4. The van der Waals surface area contributed by atoms with E-state index in [0.717, 1.165) is 22.9 Å². The Hall–Kier alpha value is -0.870. The zero-order chi connectivity index (χ0) is 18.2. The van der Waals surface area contributed by atoms with Gasteiger partial charge in [-0.05, 0) is 31.0 Å². The molecule has 1 atom stereocenters.